The lowest BCUT2D eigenvalue weighted by atomic mass is 10.2. The molecule has 0 amide bonds. The fraction of sp³-hybridized carbons (Fsp3) is 0.143. The SMILES string of the molecule is CN(Cc1cccnc1)c1nccc2occc12. The van der Waals surface area contributed by atoms with Crippen molar-refractivity contribution in [2.24, 2.45) is 0 Å². The molecule has 18 heavy (non-hydrogen) atoms. The van der Waals surface area contributed by atoms with E-state index < -0.39 is 0 Å². The normalized spacial score (nSPS) is 10.7. The molecule has 0 saturated carbocycles. The minimum absolute atomic E-state index is 0.769. The molecule has 0 fully saturated rings. The summed E-state index contributed by atoms with van der Waals surface area (Å²) in [7, 11) is 2.02. The number of nitrogens with zero attached hydrogens (tertiary/aromatic N) is 3. The first kappa shape index (κ1) is 10.8. The van der Waals surface area contributed by atoms with Gasteiger partial charge < -0.3 is 9.32 Å². The number of anilines is 1. The Kier molecular flexibility index (Phi) is 2.68. The number of aromatic nitrogens is 2. The zero-order valence-corrected chi connectivity index (χ0v) is 10.1. The Morgan fingerprint density at radius 3 is 3.00 bits per heavy atom. The Morgan fingerprint density at radius 1 is 1.22 bits per heavy atom. The summed E-state index contributed by atoms with van der Waals surface area (Å²) in [5.74, 6) is 0.921. The van der Waals surface area contributed by atoms with Crippen LogP contribution in [0.4, 0.5) is 5.82 Å². The maximum atomic E-state index is 5.38. The first-order valence-electron chi connectivity index (χ1n) is 5.77. The second kappa shape index (κ2) is 4.49. The van der Waals surface area contributed by atoms with Crippen molar-refractivity contribution in [1.82, 2.24) is 9.97 Å². The molecule has 0 saturated heterocycles. The van der Waals surface area contributed by atoms with Crippen molar-refractivity contribution in [3.8, 4) is 0 Å². The zero-order chi connectivity index (χ0) is 12.4. The van der Waals surface area contributed by atoms with Crippen LogP contribution in [0.2, 0.25) is 0 Å². The molecule has 3 rings (SSSR count). The minimum atomic E-state index is 0.769. The third-order valence-electron chi connectivity index (χ3n) is 2.86. The van der Waals surface area contributed by atoms with Gasteiger partial charge in [-0.05, 0) is 23.8 Å². The summed E-state index contributed by atoms with van der Waals surface area (Å²) in [6.07, 6.45) is 7.10. The highest BCUT2D eigenvalue weighted by Gasteiger charge is 2.09. The maximum Gasteiger partial charge on any atom is 0.139 e. The molecule has 0 atom stereocenters. The molecule has 90 valence electrons. The molecule has 0 aliphatic heterocycles. The lowest BCUT2D eigenvalue weighted by molar-refractivity contribution is 0.615. The monoisotopic (exact) mass is 239 g/mol. The van der Waals surface area contributed by atoms with Gasteiger partial charge in [0.1, 0.15) is 11.4 Å². The van der Waals surface area contributed by atoms with Gasteiger partial charge in [-0.15, -0.1) is 0 Å². The van der Waals surface area contributed by atoms with E-state index in [1.807, 2.05) is 31.4 Å². The van der Waals surface area contributed by atoms with Crippen LogP contribution in [-0.4, -0.2) is 17.0 Å². The van der Waals surface area contributed by atoms with E-state index in [1.54, 1.807) is 18.7 Å². The molecule has 3 heterocycles. The van der Waals surface area contributed by atoms with Gasteiger partial charge in [0.05, 0.1) is 11.6 Å². The van der Waals surface area contributed by atoms with Crippen molar-refractivity contribution in [2.45, 2.75) is 6.54 Å². The number of rotatable bonds is 3. The standard InChI is InChI=1S/C14H13N3O/c1-17(10-11-3-2-6-15-9-11)14-12-5-8-18-13(12)4-7-16-14/h2-9H,10H2,1H3. The number of pyridine rings is 2. The summed E-state index contributed by atoms with van der Waals surface area (Å²) < 4.78 is 5.38. The van der Waals surface area contributed by atoms with Crippen molar-refractivity contribution in [2.75, 3.05) is 11.9 Å². The van der Waals surface area contributed by atoms with Gasteiger partial charge in [-0.3, -0.25) is 4.98 Å². The van der Waals surface area contributed by atoms with Crippen LogP contribution in [0.3, 0.4) is 0 Å². The van der Waals surface area contributed by atoms with Gasteiger partial charge in [-0.25, -0.2) is 4.98 Å². The van der Waals surface area contributed by atoms with Crippen LogP contribution >= 0.6 is 0 Å². The van der Waals surface area contributed by atoms with Crippen LogP contribution < -0.4 is 4.90 Å². The van der Waals surface area contributed by atoms with Gasteiger partial charge >= 0.3 is 0 Å². The zero-order valence-electron chi connectivity index (χ0n) is 10.1. The van der Waals surface area contributed by atoms with E-state index in [4.69, 9.17) is 4.42 Å². The fourth-order valence-corrected chi connectivity index (χ4v) is 2.02. The summed E-state index contributed by atoms with van der Waals surface area (Å²) in [6.45, 7) is 0.769. The van der Waals surface area contributed by atoms with E-state index >= 15 is 0 Å². The van der Waals surface area contributed by atoms with Crippen molar-refractivity contribution in [3.63, 3.8) is 0 Å². The molecule has 4 nitrogen and oxygen atoms in total. The Balaban J connectivity index is 1.92. The molecule has 0 bridgehead atoms. The van der Waals surface area contributed by atoms with E-state index in [9.17, 15) is 0 Å². The van der Waals surface area contributed by atoms with Gasteiger partial charge in [0.25, 0.3) is 0 Å². The van der Waals surface area contributed by atoms with Crippen molar-refractivity contribution in [3.05, 3.63) is 54.7 Å². The molecule has 3 aromatic rings. The second-order valence-corrected chi connectivity index (χ2v) is 4.18. The number of fused-ring (bicyclic) bond motifs is 1. The molecule has 3 aromatic heterocycles. The van der Waals surface area contributed by atoms with Crippen LogP contribution in [0.25, 0.3) is 11.0 Å². The summed E-state index contributed by atoms with van der Waals surface area (Å²) in [4.78, 5) is 10.6. The van der Waals surface area contributed by atoms with Gasteiger partial charge in [0.2, 0.25) is 0 Å². The van der Waals surface area contributed by atoms with E-state index in [0.29, 0.717) is 0 Å². The quantitative estimate of drug-likeness (QED) is 0.704. The highest BCUT2D eigenvalue weighted by molar-refractivity contribution is 5.88. The Hall–Kier alpha value is -2.36. The average Bonchev–Trinajstić information content (AvgIpc) is 2.87. The van der Waals surface area contributed by atoms with Crippen LogP contribution in [0, 0.1) is 0 Å². The van der Waals surface area contributed by atoms with Gasteiger partial charge in [0.15, 0.2) is 0 Å². The molecule has 0 radical (unpaired) electrons. The Labute approximate surface area is 105 Å². The highest BCUT2D eigenvalue weighted by Crippen LogP contribution is 2.25. The predicted molar refractivity (Wildman–Crippen MR) is 70.4 cm³/mol. The highest BCUT2D eigenvalue weighted by atomic mass is 16.3. The van der Waals surface area contributed by atoms with E-state index in [2.05, 4.69) is 20.9 Å². The van der Waals surface area contributed by atoms with E-state index in [0.717, 1.165) is 28.9 Å². The van der Waals surface area contributed by atoms with Crippen molar-refractivity contribution < 1.29 is 4.42 Å². The molecule has 0 unspecified atom stereocenters. The van der Waals surface area contributed by atoms with Crippen LogP contribution in [0.15, 0.2) is 53.5 Å². The summed E-state index contributed by atoms with van der Waals surface area (Å²) in [6, 6.07) is 7.81. The van der Waals surface area contributed by atoms with Gasteiger partial charge in [-0.2, -0.15) is 0 Å². The molecule has 0 N–H and O–H groups in total. The molecular weight excluding hydrogens is 226 g/mol. The fourth-order valence-electron chi connectivity index (χ4n) is 2.02. The van der Waals surface area contributed by atoms with Crippen molar-refractivity contribution >= 4 is 16.8 Å². The predicted octanol–water partition coefficient (Wildman–Crippen LogP) is 2.86. The summed E-state index contributed by atoms with van der Waals surface area (Å²) >= 11 is 0. The average molecular weight is 239 g/mol. The molecule has 0 aliphatic rings. The number of hydrogen-bond acceptors (Lipinski definition) is 4. The maximum absolute atomic E-state index is 5.38. The van der Waals surface area contributed by atoms with Crippen molar-refractivity contribution in [1.29, 1.82) is 0 Å². The molecule has 0 aromatic carbocycles. The summed E-state index contributed by atoms with van der Waals surface area (Å²) in [5, 5.41) is 1.03. The largest absolute Gasteiger partial charge is 0.464 e. The topological polar surface area (TPSA) is 42.2 Å². The van der Waals surface area contributed by atoms with Crippen LogP contribution in [0.1, 0.15) is 5.56 Å². The van der Waals surface area contributed by atoms with Gasteiger partial charge in [0, 0.05) is 32.2 Å². The van der Waals surface area contributed by atoms with Crippen LogP contribution in [-0.2, 0) is 6.54 Å². The van der Waals surface area contributed by atoms with Gasteiger partial charge in [-0.1, -0.05) is 6.07 Å². The molecule has 0 aliphatic carbocycles. The number of furan rings is 1. The lowest BCUT2D eigenvalue weighted by Crippen LogP contribution is -2.17. The smallest absolute Gasteiger partial charge is 0.139 e. The molecular formula is C14H13N3O. The Bertz CT molecular complexity index is 648. The first-order chi connectivity index (χ1) is 8.84. The lowest BCUT2D eigenvalue weighted by Gasteiger charge is -2.18. The van der Waals surface area contributed by atoms with Crippen LogP contribution in [0.5, 0.6) is 0 Å². The number of hydrogen-bond donors (Lipinski definition) is 0. The summed E-state index contributed by atoms with van der Waals surface area (Å²) in [5.41, 5.74) is 2.01. The van der Waals surface area contributed by atoms with E-state index in [1.165, 1.54) is 0 Å². The minimum Gasteiger partial charge on any atom is -0.464 e. The third-order valence-corrected chi connectivity index (χ3v) is 2.86. The molecule has 0 spiro atoms. The van der Waals surface area contributed by atoms with E-state index in [-0.39, 0.29) is 0 Å². The first-order valence-corrected chi connectivity index (χ1v) is 5.77. The Morgan fingerprint density at radius 2 is 2.17 bits per heavy atom. The second-order valence-electron chi connectivity index (χ2n) is 4.18. The third kappa shape index (κ3) is 1.93. The molecule has 4 heteroatoms.